The van der Waals surface area contributed by atoms with Gasteiger partial charge in [-0.3, -0.25) is 9.59 Å². The lowest BCUT2D eigenvalue weighted by atomic mass is 9.90. The molecular formula is C25H23NO5. The number of carbonyl (C=O) groups is 3. The van der Waals surface area contributed by atoms with E-state index in [0.29, 0.717) is 12.8 Å². The van der Waals surface area contributed by atoms with Crippen molar-refractivity contribution < 1.29 is 24.2 Å². The molecule has 0 aliphatic carbocycles. The Labute approximate surface area is 180 Å². The van der Waals surface area contributed by atoms with E-state index >= 15 is 0 Å². The molecule has 0 bridgehead atoms. The van der Waals surface area contributed by atoms with Gasteiger partial charge in [0.15, 0.2) is 17.6 Å². The van der Waals surface area contributed by atoms with E-state index in [1.165, 1.54) is 11.8 Å². The number of ketones is 1. The van der Waals surface area contributed by atoms with E-state index < -0.39 is 23.9 Å². The fraction of sp³-hybridized carbons (Fsp3) is 0.240. The molecule has 6 nitrogen and oxygen atoms in total. The molecule has 1 N–H and O–H groups in total. The van der Waals surface area contributed by atoms with Crippen LogP contribution in [0.4, 0.5) is 0 Å². The molecule has 0 spiro atoms. The topological polar surface area (TPSA) is 83.9 Å². The molecular weight excluding hydrogens is 394 g/mol. The summed E-state index contributed by atoms with van der Waals surface area (Å²) in [4.78, 5) is 39.1. The van der Waals surface area contributed by atoms with E-state index in [-0.39, 0.29) is 23.7 Å². The summed E-state index contributed by atoms with van der Waals surface area (Å²) in [6.07, 6.45) is 3.48. The maximum atomic E-state index is 13.1. The molecule has 2 aromatic rings. The van der Waals surface area contributed by atoms with Crippen molar-refractivity contribution in [3.8, 4) is 0 Å². The minimum atomic E-state index is -0.839. The van der Waals surface area contributed by atoms with Crippen LogP contribution in [0.2, 0.25) is 0 Å². The molecule has 0 radical (unpaired) electrons. The second-order valence-electron chi connectivity index (χ2n) is 7.69. The number of fused-ring (bicyclic) bond motifs is 1. The van der Waals surface area contributed by atoms with E-state index in [4.69, 9.17) is 4.74 Å². The van der Waals surface area contributed by atoms with Crippen LogP contribution in [0, 0.1) is 0 Å². The van der Waals surface area contributed by atoms with Crippen LogP contribution in [-0.4, -0.2) is 33.8 Å². The summed E-state index contributed by atoms with van der Waals surface area (Å²) in [6.45, 7) is 1.43. The fourth-order valence-corrected chi connectivity index (χ4v) is 4.10. The molecule has 6 heteroatoms. The van der Waals surface area contributed by atoms with Crippen LogP contribution >= 0.6 is 0 Å². The zero-order valence-corrected chi connectivity index (χ0v) is 17.2. The van der Waals surface area contributed by atoms with Gasteiger partial charge >= 0.3 is 5.97 Å². The molecule has 0 saturated heterocycles. The second kappa shape index (κ2) is 8.60. The zero-order chi connectivity index (χ0) is 22.0. The molecule has 31 heavy (non-hydrogen) atoms. The molecule has 2 aliphatic heterocycles. The third-order valence-corrected chi connectivity index (χ3v) is 5.68. The third kappa shape index (κ3) is 4.14. The number of rotatable bonds is 6. The van der Waals surface area contributed by atoms with Crippen molar-refractivity contribution in [3.05, 3.63) is 88.8 Å². The highest BCUT2D eigenvalue weighted by Crippen LogP contribution is 2.35. The third-order valence-electron chi connectivity index (χ3n) is 5.68. The number of nitrogens with zero attached hydrogens (tertiary/aromatic N) is 1. The van der Waals surface area contributed by atoms with E-state index in [9.17, 15) is 19.5 Å². The zero-order valence-electron chi connectivity index (χ0n) is 17.2. The highest BCUT2D eigenvalue weighted by Gasteiger charge is 2.40. The molecule has 0 fully saturated rings. The summed E-state index contributed by atoms with van der Waals surface area (Å²) in [5.41, 5.74) is 2.47. The Bertz CT molecular complexity index is 1090. The molecule has 2 heterocycles. The van der Waals surface area contributed by atoms with Gasteiger partial charge in [0.25, 0.3) is 0 Å². The Morgan fingerprint density at radius 3 is 2.52 bits per heavy atom. The summed E-state index contributed by atoms with van der Waals surface area (Å²) in [5, 5.41) is 10.6. The monoisotopic (exact) mass is 417 g/mol. The number of aliphatic hydroxyl groups excluding tert-OH is 1. The largest absolute Gasteiger partial charge is 0.507 e. The summed E-state index contributed by atoms with van der Waals surface area (Å²) in [5.74, 6) is -1.88. The number of cyclic esters (lactones) is 1. The van der Waals surface area contributed by atoms with Gasteiger partial charge in [-0.25, -0.2) is 4.79 Å². The first kappa shape index (κ1) is 20.6. The maximum absolute atomic E-state index is 13.1. The van der Waals surface area contributed by atoms with Crippen LogP contribution in [0.1, 0.15) is 42.5 Å². The number of carbonyl (C=O) groups excluding carboxylic acids is 3. The molecule has 2 atom stereocenters. The second-order valence-corrected chi connectivity index (χ2v) is 7.69. The number of hydrogen-bond acceptors (Lipinski definition) is 5. The molecule has 0 aromatic heterocycles. The van der Waals surface area contributed by atoms with Gasteiger partial charge in [-0.05, 0) is 35.6 Å². The lowest BCUT2D eigenvalue weighted by Gasteiger charge is -2.32. The van der Waals surface area contributed by atoms with Gasteiger partial charge in [0.2, 0.25) is 5.91 Å². The summed E-state index contributed by atoms with van der Waals surface area (Å²) < 4.78 is 5.28. The van der Waals surface area contributed by atoms with Gasteiger partial charge in [-0.15, -0.1) is 0 Å². The molecule has 2 aliphatic rings. The van der Waals surface area contributed by atoms with Crippen LogP contribution in [0.25, 0.3) is 6.08 Å². The Morgan fingerprint density at radius 2 is 1.77 bits per heavy atom. The van der Waals surface area contributed by atoms with E-state index in [0.717, 1.165) is 16.7 Å². The average molecular weight is 417 g/mol. The molecule has 4 rings (SSSR count). The number of ether oxygens (including phenoxy) is 1. The number of hydrogen-bond donors (Lipinski definition) is 1. The maximum Gasteiger partial charge on any atom is 0.346 e. The fourth-order valence-electron chi connectivity index (χ4n) is 4.10. The quantitative estimate of drug-likeness (QED) is 0.569. The van der Waals surface area contributed by atoms with E-state index in [2.05, 4.69) is 0 Å². The average Bonchev–Trinajstić information content (AvgIpc) is 3.06. The Hall–Kier alpha value is -3.67. The minimum Gasteiger partial charge on any atom is -0.507 e. The van der Waals surface area contributed by atoms with E-state index in [1.807, 2.05) is 60.7 Å². The lowest BCUT2D eigenvalue weighted by Crippen LogP contribution is -2.32. The van der Waals surface area contributed by atoms with Crippen molar-refractivity contribution in [2.45, 2.75) is 38.3 Å². The first-order chi connectivity index (χ1) is 15.0. The standard InChI is InChI=1S/C25H23NO5/c1-16(27)26-14-13-18-9-5-6-10-19(18)20(26)15-21(28)23-24(29)22(31-25(23)30)12-11-17-7-3-2-4-8-17/h2-10,13-14,20,22,29H,11-12,15H2,1H3. The van der Waals surface area contributed by atoms with Gasteiger partial charge in [0.1, 0.15) is 5.57 Å². The van der Waals surface area contributed by atoms with Crippen molar-refractivity contribution in [2.75, 3.05) is 0 Å². The van der Waals surface area contributed by atoms with Crippen molar-refractivity contribution in [3.63, 3.8) is 0 Å². The van der Waals surface area contributed by atoms with Gasteiger partial charge in [0.05, 0.1) is 6.04 Å². The van der Waals surface area contributed by atoms with Gasteiger partial charge in [-0.2, -0.15) is 0 Å². The predicted molar refractivity (Wildman–Crippen MR) is 115 cm³/mol. The predicted octanol–water partition coefficient (Wildman–Crippen LogP) is 3.89. The Morgan fingerprint density at radius 1 is 1.06 bits per heavy atom. The highest BCUT2D eigenvalue weighted by molar-refractivity contribution is 6.19. The Balaban J connectivity index is 1.54. The highest BCUT2D eigenvalue weighted by atomic mass is 16.6. The Kier molecular flexibility index (Phi) is 5.71. The first-order valence-electron chi connectivity index (χ1n) is 10.2. The molecule has 1 amide bonds. The normalized spacial score (nSPS) is 19.9. The van der Waals surface area contributed by atoms with Crippen LogP contribution in [-0.2, 0) is 25.5 Å². The van der Waals surface area contributed by atoms with Gasteiger partial charge < -0.3 is 14.7 Å². The van der Waals surface area contributed by atoms with Crippen LogP contribution < -0.4 is 0 Å². The smallest absolute Gasteiger partial charge is 0.346 e. The molecule has 0 saturated carbocycles. The van der Waals surface area contributed by atoms with Gasteiger partial charge in [-0.1, -0.05) is 54.6 Å². The lowest BCUT2D eigenvalue weighted by molar-refractivity contribution is -0.141. The molecule has 2 aromatic carbocycles. The van der Waals surface area contributed by atoms with Gasteiger partial charge in [0, 0.05) is 19.5 Å². The number of benzene rings is 2. The summed E-state index contributed by atoms with van der Waals surface area (Å²) in [7, 11) is 0. The number of aryl methyl sites for hydroxylation is 1. The number of esters is 1. The molecule has 158 valence electrons. The SMILES string of the molecule is CC(=O)N1C=Cc2ccccc2C1CC(=O)C1=C(O)C(CCc2ccccc2)OC1=O. The van der Waals surface area contributed by atoms with Crippen molar-refractivity contribution >= 4 is 23.7 Å². The summed E-state index contributed by atoms with van der Waals surface area (Å²) >= 11 is 0. The van der Waals surface area contributed by atoms with Crippen molar-refractivity contribution in [2.24, 2.45) is 0 Å². The van der Waals surface area contributed by atoms with E-state index in [1.54, 1.807) is 6.20 Å². The van der Waals surface area contributed by atoms with Crippen LogP contribution in [0.5, 0.6) is 0 Å². The number of amides is 1. The first-order valence-corrected chi connectivity index (χ1v) is 10.2. The number of aliphatic hydroxyl groups is 1. The van der Waals surface area contributed by atoms with Crippen LogP contribution in [0.15, 0.2) is 72.1 Å². The van der Waals surface area contributed by atoms with Crippen LogP contribution in [0.3, 0.4) is 0 Å². The van der Waals surface area contributed by atoms with Crippen molar-refractivity contribution in [1.29, 1.82) is 0 Å². The van der Waals surface area contributed by atoms with Crippen molar-refractivity contribution in [1.82, 2.24) is 4.90 Å². The molecule has 2 unspecified atom stereocenters. The summed E-state index contributed by atoms with van der Waals surface area (Å²) in [6, 6.07) is 16.6. The number of Topliss-reactive ketones (excluding diaryl/α,β-unsaturated/α-hetero) is 1. The minimum absolute atomic E-state index is 0.124.